The van der Waals surface area contributed by atoms with Gasteiger partial charge in [-0.25, -0.2) is 17.9 Å². The highest BCUT2D eigenvalue weighted by molar-refractivity contribution is 7.88. The van der Waals surface area contributed by atoms with Crippen LogP contribution in [-0.2, 0) is 26.0 Å². The number of carbonyl (C=O) groups excluding carboxylic acids is 2. The summed E-state index contributed by atoms with van der Waals surface area (Å²) in [6, 6.07) is 5.15. The molecule has 0 spiro atoms. The fourth-order valence-corrected chi connectivity index (χ4v) is 2.87. The lowest BCUT2D eigenvalue weighted by Crippen LogP contribution is -2.29. The van der Waals surface area contributed by atoms with Crippen molar-refractivity contribution < 1.29 is 22.7 Å². The fraction of sp³-hybridized carbons (Fsp3) is 0.462. The molecule has 1 aromatic heterocycles. The van der Waals surface area contributed by atoms with Crippen LogP contribution in [0.2, 0.25) is 0 Å². The Hall–Kier alpha value is -1.96. The van der Waals surface area contributed by atoms with Crippen molar-refractivity contribution in [2.75, 3.05) is 26.0 Å². The van der Waals surface area contributed by atoms with Gasteiger partial charge in [-0.15, -0.1) is 11.3 Å². The Labute approximate surface area is 138 Å². The molecule has 0 unspecified atom stereocenters. The number of hydrogen-bond acceptors (Lipinski definition) is 7. The summed E-state index contributed by atoms with van der Waals surface area (Å²) in [6.07, 6.45) is 1.72. The number of carbonyl (C=O) groups is 2. The summed E-state index contributed by atoms with van der Waals surface area (Å²) >= 11 is 1.18. The predicted molar refractivity (Wildman–Crippen MR) is 84.4 cm³/mol. The monoisotopic (exact) mass is 359 g/mol. The number of thiophene rings is 1. The van der Waals surface area contributed by atoms with Crippen LogP contribution in [0.1, 0.15) is 21.0 Å². The Kier molecular flexibility index (Phi) is 7.67. The molecule has 0 aliphatic rings. The van der Waals surface area contributed by atoms with Gasteiger partial charge in [0.1, 0.15) is 4.88 Å². The molecule has 1 amide bonds. The second-order valence-electron chi connectivity index (χ2n) is 4.52. The van der Waals surface area contributed by atoms with Gasteiger partial charge in [-0.2, -0.15) is 5.26 Å². The zero-order valence-electron chi connectivity index (χ0n) is 12.5. The van der Waals surface area contributed by atoms with Crippen LogP contribution in [0.15, 0.2) is 12.1 Å². The standard InChI is InChI=1S/C13H17N3O5S2/c1-23(19,20)16-8-5-10-3-4-11(22-10)13(18)21-9-12(17)15-7-2-6-14/h3-4,16H,2,5,7-9H2,1H3,(H,15,17). The molecule has 8 nitrogen and oxygen atoms in total. The quantitative estimate of drug-likeness (QED) is 0.473. The predicted octanol–water partition coefficient (Wildman–Crippen LogP) is 0.0265. The maximum absolute atomic E-state index is 11.8. The molecule has 0 radical (unpaired) electrons. The molecular formula is C13H17N3O5S2. The number of nitriles is 1. The Morgan fingerprint density at radius 2 is 2.09 bits per heavy atom. The van der Waals surface area contributed by atoms with E-state index in [2.05, 4.69) is 10.0 Å². The van der Waals surface area contributed by atoms with Crippen molar-refractivity contribution in [3.8, 4) is 6.07 Å². The molecule has 126 valence electrons. The molecule has 0 aromatic carbocycles. The van der Waals surface area contributed by atoms with Crippen LogP contribution in [0.3, 0.4) is 0 Å². The number of nitrogens with one attached hydrogen (secondary N) is 2. The first kappa shape index (κ1) is 19.1. The van der Waals surface area contributed by atoms with E-state index in [1.807, 2.05) is 6.07 Å². The van der Waals surface area contributed by atoms with Crippen LogP contribution in [0.25, 0.3) is 0 Å². The lowest BCUT2D eigenvalue weighted by atomic mass is 10.3. The molecule has 23 heavy (non-hydrogen) atoms. The number of nitrogens with zero attached hydrogens (tertiary/aromatic N) is 1. The lowest BCUT2D eigenvalue weighted by Gasteiger charge is -2.03. The van der Waals surface area contributed by atoms with Gasteiger partial charge in [0.15, 0.2) is 6.61 Å². The van der Waals surface area contributed by atoms with Gasteiger partial charge in [-0.05, 0) is 18.6 Å². The van der Waals surface area contributed by atoms with Gasteiger partial charge < -0.3 is 10.1 Å². The van der Waals surface area contributed by atoms with Crippen molar-refractivity contribution in [3.05, 3.63) is 21.9 Å². The van der Waals surface area contributed by atoms with Crippen LogP contribution < -0.4 is 10.0 Å². The molecule has 0 saturated heterocycles. The third-order valence-electron chi connectivity index (χ3n) is 2.49. The zero-order valence-corrected chi connectivity index (χ0v) is 14.1. The van der Waals surface area contributed by atoms with Crippen molar-refractivity contribution in [2.45, 2.75) is 12.8 Å². The summed E-state index contributed by atoms with van der Waals surface area (Å²) in [7, 11) is -3.23. The van der Waals surface area contributed by atoms with Gasteiger partial charge in [0.05, 0.1) is 18.7 Å². The topological polar surface area (TPSA) is 125 Å². The van der Waals surface area contributed by atoms with Crippen molar-refractivity contribution in [1.29, 1.82) is 5.26 Å². The first-order valence-electron chi connectivity index (χ1n) is 6.66. The van der Waals surface area contributed by atoms with E-state index in [4.69, 9.17) is 10.00 Å². The maximum Gasteiger partial charge on any atom is 0.348 e. The molecule has 1 heterocycles. The highest BCUT2D eigenvalue weighted by Gasteiger charge is 2.13. The molecule has 1 rings (SSSR count). The van der Waals surface area contributed by atoms with Crippen LogP contribution >= 0.6 is 11.3 Å². The first-order valence-corrected chi connectivity index (χ1v) is 9.36. The summed E-state index contributed by atoms with van der Waals surface area (Å²) in [5.41, 5.74) is 0. The third-order valence-corrected chi connectivity index (χ3v) is 4.35. The van der Waals surface area contributed by atoms with Gasteiger partial charge in [-0.3, -0.25) is 4.79 Å². The average molecular weight is 359 g/mol. The molecular weight excluding hydrogens is 342 g/mol. The van der Waals surface area contributed by atoms with E-state index in [-0.39, 0.29) is 19.5 Å². The molecule has 0 aliphatic carbocycles. The highest BCUT2D eigenvalue weighted by Crippen LogP contribution is 2.17. The van der Waals surface area contributed by atoms with Gasteiger partial charge in [0.25, 0.3) is 5.91 Å². The van der Waals surface area contributed by atoms with Crippen molar-refractivity contribution in [1.82, 2.24) is 10.0 Å². The molecule has 0 aliphatic heterocycles. The second-order valence-corrected chi connectivity index (χ2v) is 7.52. The molecule has 0 saturated carbocycles. The number of ether oxygens (including phenoxy) is 1. The summed E-state index contributed by atoms with van der Waals surface area (Å²) in [4.78, 5) is 24.3. The Bertz CT molecular complexity index is 691. The SMILES string of the molecule is CS(=O)(=O)NCCc1ccc(C(=O)OCC(=O)NCCC#N)s1. The summed E-state index contributed by atoms with van der Waals surface area (Å²) < 4.78 is 29.1. The van der Waals surface area contributed by atoms with Crippen LogP contribution in [0.5, 0.6) is 0 Å². The van der Waals surface area contributed by atoms with Crippen molar-refractivity contribution >= 4 is 33.2 Å². The van der Waals surface area contributed by atoms with Gasteiger partial charge in [0, 0.05) is 18.0 Å². The molecule has 0 fully saturated rings. The van der Waals surface area contributed by atoms with Crippen LogP contribution in [0.4, 0.5) is 0 Å². The van der Waals surface area contributed by atoms with E-state index >= 15 is 0 Å². The minimum absolute atomic E-state index is 0.190. The second kappa shape index (κ2) is 9.24. The van der Waals surface area contributed by atoms with E-state index < -0.39 is 28.5 Å². The molecule has 1 aromatic rings. The van der Waals surface area contributed by atoms with Gasteiger partial charge >= 0.3 is 5.97 Å². The number of amides is 1. The molecule has 0 atom stereocenters. The molecule has 2 N–H and O–H groups in total. The molecule has 0 bridgehead atoms. The normalized spacial score (nSPS) is 10.8. The minimum Gasteiger partial charge on any atom is -0.451 e. The van der Waals surface area contributed by atoms with Crippen molar-refractivity contribution in [3.63, 3.8) is 0 Å². The Morgan fingerprint density at radius 3 is 2.74 bits per heavy atom. The van der Waals surface area contributed by atoms with E-state index in [1.54, 1.807) is 12.1 Å². The van der Waals surface area contributed by atoms with Gasteiger partial charge in [0.2, 0.25) is 10.0 Å². The van der Waals surface area contributed by atoms with Crippen molar-refractivity contribution in [2.24, 2.45) is 0 Å². The number of sulfonamides is 1. The Balaban J connectivity index is 2.37. The largest absolute Gasteiger partial charge is 0.451 e. The average Bonchev–Trinajstić information content (AvgIpc) is 2.92. The summed E-state index contributed by atoms with van der Waals surface area (Å²) in [6.45, 7) is 0.0473. The maximum atomic E-state index is 11.8. The zero-order chi connectivity index (χ0) is 17.3. The number of esters is 1. The fourth-order valence-electron chi connectivity index (χ4n) is 1.49. The van der Waals surface area contributed by atoms with E-state index in [0.717, 1.165) is 11.1 Å². The first-order chi connectivity index (χ1) is 10.8. The van der Waals surface area contributed by atoms with Crippen LogP contribution in [-0.4, -0.2) is 46.2 Å². The smallest absolute Gasteiger partial charge is 0.348 e. The summed E-state index contributed by atoms with van der Waals surface area (Å²) in [5, 5.41) is 10.8. The van der Waals surface area contributed by atoms with E-state index in [0.29, 0.717) is 11.3 Å². The lowest BCUT2D eigenvalue weighted by molar-refractivity contribution is -0.124. The minimum atomic E-state index is -3.23. The van der Waals surface area contributed by atoms with Crippen LogP contribution in [0, 0.1) is 11.3 Å². The summed E-state index contributed by atoms with van der Waals surface area (Å²) in [5.74, 6) is -1.09. The van der Waals surface area contributed by atoms with Gasteiger partial charge in [-0.1, -0.05) is 0 Å². The Morgan fingerprint density at radius 1 is 1.35 bits per heavy atom. The van der Waals surface area contributed by atoms with E-state index in [1.165, 1.54) is 11.3 Å². The number of rotatable bonds is 9. The highest BCUT2D eigenvalue weighted by atomic mass is 32.2. The van der Waals surface area contributed by atoms with E-state index in [9.17, 15) is 18.0 Å². The number of hydrogen-bond donors (Lipinski definition) is 2. The molecule has 10 heteroatoms. The third kappa shape index (κ3) is 8.29.